The Labute approximate surface area is 139 Å². The monoisotopic (exact) mass is 325 g/mol. The molecule has 0 saturated carbocycles. The number of nitrogens with zero attached hydrogens (tertiary/aromatic N) is 2. The highest BCUT2D eigenvalue weighted by molar-refractivity contribution is 5.92. The molecule has 2 aromatic rings. The number of hydrogen-bond donors (Lipinski definition) is 1. The summed E-state index contributed by atoms with van der Waals surface area (Å²) in [4.78, 5) is 42.1. The van der Waals surface area contributed by atoms with Crippen molar-refractivity contribution in [1.82, 2.24) is 14.8 Å². The Hall–Kier alpha value is -2.89. The number of amides is 2. The minimum Gasteiger partial charge on any atom is -0.333 e. The molecule has 6 heteroatoms. The smallest absolute Gasteiger partial charge is 0.270 e. The first-order chi connectivity index (χ1) is 11.6. The van der Waals surface area contributed by atoms with E-state index >= 15 is 0 Å². The van der Waals surface area contributed by atoms with Crippen LogP contribution in [0.5, 0.6) is 0 Å². The van der Waals surface area contributed by atoms with Crippen molar-refractivity contribution in [1.29, 1.82) is 0 Å². The lowest BCUT2D eigenvalue weighted by Gasteiger charge is -2.41. The first kappa shape index (κ1) is 16.0. The number of nitrogens with one attached hydrogen (secondary N) is 1. The van der Waals surface area contributed by atoms with Crippen LogP contribution < -0.4 is 5.56 Å². The molecule has 2 heterocycles. The van der Waals surface area contributed by atoms with Gasteiger partial charge in [0.15, 0.2) is 0 Å². The Morgan fingerprint density at radius 1 is 1.04 bits per heavy atom. The normalized spacial score (nSPS) is 17.6. The number of carbonyl (C=O) groups is 2. The van der Waals surface area contributed by atoms with Crippen molar-refractivity contribution >= 4 is 11.8 Å². The molecule has 1 fully saturated rings. The number of carbonyl (C=O) groups excluding carboxylic acids is 2. The molecule has 0 spiro atoms. The van der Waals surface area contributed by atoms with E-state index in [9.17, 15) is 14.4 Å². The van der Waals surface area contributed by atoms with Gasteiger partial charge in [-0.15, -0.1) is 0 Å². The lowest BCUT2D eigenvalue weighted by Crippen LogP contribution is -2.52. The molecule has 1 aromatic heterocycles. The van der Waals surface area contributed by atoms with E-state index in [-0.39, 0.29) is 29.1 Å². The molecule has 124 valence electrons. The molecule has 1 N–H and O–H groups in total. The number of piperazine rings is 1. The summed E-state index contributed by atoms with van der Waals surface area (Å²) in [5, 5.41) is 0. The van der Waals surface area contributed by atoms with Gasteiger partial charge in [-0.05, 0) is 11.6 Å². The molecular formula is C18H19N3O3. The minimum atomic E-state index is -0.303. The molecule has 1 atom stereocenters. The first-order valence-electron chi connectivity index (χ1n) is 7.87. The van der Waals surface area contributed by atoms with Crippen LogP contribution >= 0.6 is 0 Å². The van der Waals surface area contributed by atoms with Gasteiger partial charge in [0.05, 0.1) is 6.04 Å². The Morgan fingerprint density at radius 2 is 1.79 bits per heavy atom. The summed E-state index contributed by atoms with van der Waals surface area (Å²) in [6.45, 7) is 2.86. The van der Waals surface area contributed by atoms with Gasteiger partial charge in [-0.3, -0.25) is 14.4 Å². The van der Waals surface area contributed by atoms with Crippen LogP contribution in [-0.2, 0) is 4.79 Å². The van der Waals surface area contributed by atoms with E-state index in [4.69, 9.17) is 0 Å². The molecule has 3 rings (SSSR count). The predicted octanol–water partition coefficient (Wildman–Crippen LogP) is 1.42. The number of hydrogen-bond acceptors (Lipinski definition) is 3. The van der Waals surface area contributed by atoms with Gasteiger partial charge in [0, 0.05) is 32.6 Å². The fraction of sp³-hybridized carbons (Fsp3) is 0.278. The van der Waals surface area contributed by atoms with Crippen molar-refractivity contribution in [3.05, 3.63) is 70.1 Å². The summed E-state index contributed by atoms with van der Waals surface area (Å²) < 4.78 is 0. The standard InChI is InChI=1S/C18H19N3O3/c1-13(22)21-11-10-20(12-16(21)14-6-3-2-4-7-14)18(24)15-8-5-9-17(23)19-15/h2-9,16H,10-12H2,1H3,(H,19,23)/t16-/m0/s1. The molecule has 0 aliphatic carbocycles. The topological polar surface area (TPSA) is 73.5 Å². The van der Waals surface area contributed by atoms with Crippen molar-refractivity contribution in [2.24, 2.45) is 0 Å². The second kappa shape index (κ2) is 6.70. The van der Waals surface area contributed by atoms with E-state index < -0.39 is 0 Å². The van der Waals surface area contributed by atoms with E-state index in [0.29, 0.717) is 19.6 Å². The Bertz CT molecular complexity index is 800. The van der Waals surface area contributed by atoms with Crippen LogP contribution in [0.4, 0.5) is 0 Å². The molecule has 0 radical (unpaired) electrons. The molecule has 1 aliphatic heterocycles. The molecule has 0 bridgehead atoms. The molecule has 1 aliphatic rings. The summed E-state index contributed by atoms with van der Waals surface area (Å²) in [5.41, 5.74) is 0.958. The lowest BCUT2D eigenvalue weighted by molar-refractivity contribution is -0.133. The van der Waals surface area contributed by atoms with E-state index in [1.54, 1.807) is 28.9 Å². The number of aromatic nitrogens is 1. The van der Waals surface area contributed by atoms with Crippen molar-refractivity contribution in [3.8, 4) is 0 Å². The zero-order valence-electron chi connectivity index (χ0n) is 13.4. The van der Waals surface area contributed by atoms with Crippen molar-refractivity contribution in [2.45, 2.75) is 13.0 Å². The Kier molecular flexibility index (Phi) is 4.46. The van der Waals surface area contributed by atoms with Gasteiger partial charge >= 0.3 is 0 Å². The average Bonchev–Trinajstić information content (AvgIpc) is 2.61. The Morgan fingerprint density at radius 3 is 2.46 bits per heavy atom. The molecule has 1 aromatic carbocycles. The molecule has 6 nitrogen and oxygen atoms in total. The fourth-order valence-corrected chi connectivity index (χ4v) is 3.05. The third kappa shape index (κ3) is 3.22. The Balaban J connectivity index is 1.86. The summed E-state index contributed by atoms with van der Waals surface area (Å²) in [5.74, 6) is -0.235. The second-order valence-corrected chi connectivity index (χ2v) is 5.82. The van der Waals surface area contributed by atoms with E-state index in [2.05, 4.69) is 4.98 Å². The van der Waals surface area contributed by atoms with Crippen molar-refractivity contribution in [2.75, 3.05) is 19.6 Å². The second-order valence-electron chi connectivity index (χ2n) is 5.82. The quantitative estimate of drug-likeness (QED) is 0.907. The van der Waals surface area contributed by atoms with Gasteiger partial charge in [-0.25, -0.2) is 0 Å². The number of H-pyrrole nitrogens is 1. The third-order valence-corrected chi connectivity index (χ3v) is 4.26. The minimum absolute atomic E-state index is 0.0101. The van der Waals surface area contributed by atoms with Crippen LogP contribution in [0.1, 0.15) is 29.0 Å². The first-order valence-corrected chi connectivity index (χ1v) is 7.87. The maximum absolute atomic E-state index is 12.7. The largest absolute Gasteiger partial charge is 0.333 e. The summed E-state index contributed by atoms with van der Waals surface area (Å²) >= 11 is 0. The number of pyridine rings is 1. The fourth-order valence-electron chi connectivity index (χ4n) is 3.05. The van der Waals surface area contributed by atoms with Crippen LogP contribution in [0.15, 0.2) is 53.3 Å². The molecule has 24 heavy (non-hydrogen) atoms. The number of rotatable bonds is 2. The maximum Gasteiger partial charge on any atom is 0.270 e. The molecule has 1 saturated heterocycles. The van der Waals surface area contributed by atoms with Crippen molar-refractivity contribution < 1.29 is 9.59 Å². The van der Waals surface area contributed by atoms with Gasteiger partial charge < -0.3 is 14.8 Å². The van der Waals surface area contributed by atoms with Crippen LogP contribution in [0, 0.1) is 0 Å². The lowest BCUT2D eigenvalue weighted by atomic mass is 10.0. The van der Waals surface area contributed by atoms with Crippen LogP contribution in [0.3, 0.4) is 0 Å². The third-order valence-electron chi connectivity index (χ3n) is 4.26. The van der Waals surface area contributed by atoms with Crippen LogP contribution in [0.2, 0.25) is 0 Å². The van der Waals surface area contributed by atoms with Gasteiger partial charge in [0.25, 0.3) is 5.91 Å². The highest BCUT2D eigenvalue weighted by Crippen LogP contribution is 2.26. The summed E-state index contributed by atoms with van der Waals surface area (Å²) in [7, 11) is 0. The highest BCUT2D eigenvalue weighted by Gasteiger charge is 2.32. The molecular weight excluding hydrogens is 306 g/mol. The van der Waals surface area contributed by atoms with E-state index in [0.717, 1.165) is 5.56 Å². The SMILES string of the molecule is CC(=O)N1CCN(C(=O)c2cccc(=O)[nH]2)C[C@H]1c1ccccc1. The van der Waals surface area contributed by atoms with Gasteiger partial charge in [0.1, 0.15) is 5.69 Å². The van der Waals surface area contributed by atoms with E-state index in [1.807, 2.05) is 30.3 Å². The number of benzene rings is 1. The average molecular weight is 325 g/mol. The number of aromatic amines is 1. The maximum atomic E-state index is 12.7. The highest BCUT2D eigenvalue weighted by atomic mass is 16.2. The van der Waals surface area contributed by atoms with Gasteiger partial charge in [-0.1, -0.05) is 36.4 Å². The summed E-state index contributed by atoms with van der Waals surface area (Å²) in [6.07, 6.45) is 0. The molecule has 0 unspecified atom stereocenters. The van der Waals surface area contributed by atoms with Crippen LogP contribution in [0.25, 0.3) is 0 Å². The molecule has 2 amide bonds. The van der Waals surface area contributed by atoms with E-state index in [1.165, 1.54) is 6.07 Å². The van der Waals surface area contributed by atoms with Crippen LogP contribution in [-0.4, -0.2) is 46.2 Å². The zero-order chi connectivity index (χ0) is 17.1. The summed E-state index contributed by atoms with van der Waals surface area (Å²) in [6, 6.07) is 14.0. The zero-order valence-corrected chi connectivity index (χ0v) is 13.4. The van der Waals surface area contributed by atoms with Gasteiger partial charge in [-0.2, -0.15) is 0 Å². The van der Waals surface area contributed by atoms with Gasteiger partial charge in [0.2, 0.25) is 11.5 Å². The predicted molar refractivity (Wildman–Crippen MR) is 89.5 cm³/mol. The van der Waals surface area contributed by atoms with Crippen molar-refractivity contribution in [3.63, 3.8) is 0 Å².